The lowest BCUT2D eigenvalue weighted by Crippen LogP contribution is -2.03. The van der Waals surface area contributed by atoms with Crippen LogP contribution in [0.25, 0.3) is 0 Å². The van der Waals surface area contributed by atoms with E-state index >= 15 is 0 Å². The van der Waals surface area contributed by atoms with Gasteiger partial charge in [0.15, 0.2) is 0 Å². The second kappa shape index (κ2) is 5.28. The van der Waals surface area contributed by atoms with Crippen molar-refractivity contribution >= 4 is 47.4 Å². The molecule has 18 heavy (non-hydrogen) atoms. The molecule has 0 unspecified atom stereocenters. The molecule has 98 valence electrons. The molecule has 0 fully saturated rings. The van der Waals surface area contributed by atoms with Gasteiger partial charge in [0, 0.05) is 15.6 Å². The second-order valence-electron chi connectivity index (χ2n) is 2.85. The first-order valence-electron chi connectivity index (χ1n) is 3.99. The van der Waals surface area contributed by atoms with Crippen molar-refractivity contribution in [2.45, 2.75) is 15.3 Å². The van der Waals surface area contributed by atoms with E-state index in [2.05, 4.69) is 15.9 Å². The number of nitriles is 1. The first-order chi connectivity index (χ1) is 8.06. The molecule has 1 aromatic carbocycles. The summed E-state index contributed by atoms with van der Waals surface area (Å²) in [7, 11) is 0.870. The zero-order chi connectivity index (χ0) is 14.1. The van der Waals surface area contributed by atoms with E-state index in [0.717, 1.165) is 12.1 Å². The number of benzene rings is 1. The summed E-state index contributed by atoms with van der Waals surface area (Å²) in [6.07, 6.45) is 0. The Labute approximate surface area is 117 Å². The maximum Gasteiger partial charge on any atom is 0.446 e. The molecule has 0 aromatic heterocycles. The van der Waals surface area contributed by atoms with Crippen molar-refractivity contribution in [2.75, 3.05) is 0 Å². The Morgan fingerprint density at radius 1 is 1.39 bits per heavy atom. The average Bonchev–Trinajstić information content (AvgIpc) is 2.17. The molecule has 1 aromatic rings. The van der Waals surface area contributed by atoms with Crippen molar-refractivity contribution in [3.63, 3.8) is 0 Å². The van der Waals surface area contributed by atoms with Crippen LogP contribution in [0.4, 0.5) is 13.2 Å². The Kier molecular flexibility index (Phi) is 4.59. The van der Waals surface area contributed by atoms with Crippen LogP contribution in [-0.2, 0) is 9.05 Å². The predicted octanol–water partition coefficient (Wildman–Crippen LogP) is 3.86. The van der Waals surface area contributed by atoms with Crippen LogP contribution in [0.15, 0.2) is 26.4 Å². The van der Waals surface area contributed by atoms with Crippen molar-refractivity contribution in [2.24, 2.45) is 0 Å². The summed E-state index contributed by atoms with van der Waals surface area (Å²) < 4.78 is 58.8. The van der Waals surface area contributed by atoms with E-state index in [1.807, 2.05) is 0 Å². The molecule has 0 radical (unpaired) electrons. The van der Waals surface area contributed by atoms with Crippen LogP contribution in [0.5, 0.6) is 0 Å². The fourth-order valence-electron chi connectivity index (χ4n) is 1.03. The average molecular weight is 381 g/mol. The highest BCUT2D eigenvalue weighted by Crippen LogP contribution is 2.44. The van der Waals surface area contributed by atoms with Gasteiger partial charge >= 0.3 is 5.51 Å². The summed E-state index contributed by atoms with van der Waals surface area (Å²) >= 11 is 2.14. The Balaban J connectivity index is 3.53. The molecule has 1 rings (SSSR count). The maximum atomic E-state index is 12.3. The van der Waals surface area contributed by atoms with Crippen molar-refractivity contribution in [3.8, 4) is 6.07 Å². The van der Waals surface area contributed by atoms with E-state index in [0.29, 0.717) is 0 Å². The van der Waals surface area contributed by atoms with Crippen molar-refractivity contribution in [1.82, 2.24) is 0 Å². The zero-order valence-corrected chi connectivity index (χ0v) is 12.1. The number of nitrogens with zero attached hydrogens (tertiary/aromatic N) is 1. The molecule has 0 atom stereocenters. The van der Waals surface area contributed by atoms with Gasteiger partial charge in [-0.2, -0.15) is 18.4 Å². The highest BCUT2D eigenvalue weighted by molar-refractivity contribution is 9.10. The first-order valence-corrected chi connectivity index (χ1v) is 7.91. The normalized spacial score (nSPS) is 12.2. The number of hydrogen-bond acceptors (Lipinski definition) is 4. The number of rotatable bonds is 2. The van der Waals surface area contributed by atoms with E-state index in [9.17, 15) is 21.6 Å². The largest absolute Gasteiger partial charge is 0.446 e. The lowest BCUT2D eigenvalue weighted by molar-refractivity contribution is -0.0328. The van der Waals surface area contributed by atoms with Gasteiger partial charge in [-0.05, 0) is 39.8 Å². The molecule has 0 heterocycles. The highest BCUT2D eigenvalue weighted by atomic mass is 79.9. The fourth-order valence-corrected chi connectivity index (χ4v) is 4.19. The van der Waals surface area contributed by atoms with E-state index in [1.54, 1.807) is 6.07 Å². The van der Waals surface area contributed by atoms with E-state index in [-0.39, 0.29) is 10.0 Å². The number of thioether (sulfide) groups is 1. The molecule has 0 aliphatic rings. The van der Waals surface area contributed by atoms with Crippen molar-refractivity contribution in [3.05, 3.63) is 22.2 Å². The van der Waals surface area contributed by atoms with Gasteiger partial charge in [-0.3, -0.25) is 0 Å². The summed E-state index contributed by atoms with van der Waals surface area (Å²) in [4.78, 5) is -1.05. The van der Waals surface area contributed by atoms with Crippen LogP contribution >= 0.6 is 38.4 Å². The molecule has 3 nitrogen and oxygen atoms in total. The molecular weight excluding hydrogens is 379 g/mol. The molecule has 0 bridgehead atoms. The molecule has 0 N–H and O–H groups in total. The van der Waals surface area contributed by atoms with Crippen LogP contribution in [-0.4, -0.2) is 13.9 Å². The van der Waals surface area contributed by atoms with Crippen LogP contribution in [0.1, 0.15) is 5.56 Å². The van der Waals surface area contributed by atoms with Crippen molar-refractivity contribution in [1.29, 1.82) is 5.26 Å². The van der Waals surface area contributed by atoms with Gasteiger partial charge in [0.25, 0.3) is 9.05 Å². The van der Waals surface area contributed by atoms with Crippen molar-refractivity contribution < 1.29 is 21.6 Å². The smallest absolute Gasteiger partial charge is 0.207 e. The highest BCUT2D eigenvalue weighted by Gasteiger charge is 2.33. The number of alkyl halides is 3. The number of halogens is 5. The van der Waals surface area contributed by atoms with Gasteiger partial charge in [0.05, 0.1) is 14.9 Å². The monoisotopic (exact) mass is 379 g/mol. The van der Waals surface area contributed by atoms with Gasteiger partial charge in [0.1, 0.15) is 6.07 Å². The maximum absolute atomic E-state index is 12.3. The minimum Gasteiger partial charge on any atom is -0.207 e. The Bertz CT molecular complexity index is 624. The SMILES string of the molecule is N#Cc1ccc(S(=O)(=O)Cl)c(Br)c1SC(F)(F)F. The second-order valence-corrected chi connectivity index (χ2v) is 7.25. The van der Waals surface area contributed by atoms with Gasteiger partial charge in [-0.25, -0.2) is 8.42 Å². The molecule has 0 aliphatic carbocycles. The molecule has 0 spiro atoms. The van der Waals surface area contributed by atoms with Gasteiger partial charge in [0.2, 0.25) is 0 Å². The lowest BCUT2D eigenvalue weighted by atomic mass is 10.2. The standard InChI is InChI=1S/C8H2BrClF3NO2S2/c9-6-5(18(10,15)16)2-1-4(3-14)7(6)17-8(11,12)13/h1-2H. The quantitative estimate of drug-likeness (QED) is 0.577. The Morgan fingerprint density at radius 2 is 1.94 bits per heavy atom. The molecule has 10 heteroatoms. The number of hydrogen-bond donors (Lipinski definition) is 0. The molecule has 0 saturated carbocycles. The van der Waals surface area contributed by atoms with E-state index < -0.39 is 36.1 Å². The van der Waals surface area contributed by atoms with Crippen LogP contribution < -0.4 is 0 Å². The topological polar surface area (TPSA) is 57.9 Å². The first kappa shape index (κ1) is 15.6. The van der Waals surface area contributed by atoms with Gasteiger partial charge in [-0.15, -0.1) is 0 Å². The summed E-state index contributed by atoms with van der Waals surface area (Å²) in [6.45, 7) is 0. The Hall–Kier alpha value is -0.430. The Morgan fingerprint density at radius 3 is 2.33 bits per heavy atom. The summed E-state index contributed by atoms with van der Waals surface area (Å²) in [6, 6.07) is 3.48. The van der Waals surface area contributed by atoms with Crippen LogP contribution in [0, 0.1) is 11.3 Å². The minimum absolute atomic E-state index is 0.298. The third-order valence-corrected chi connectivity index (χ3v) is 5.24. The third kappa shape index (κ3) is 3.78. The molecule has 0 saturated heterocycles. The fraction of sp³-hybridized carbons (Fsp3) is 0.125. The summed E-state index contributed by atoms with van der Waals surface area (Å²) in [5.41, 5.74) is -4.95. The minimum atomic E-state index is -4.65. The molecular formula is C8H2BrClF3NO2S2. The van der Waals surface area contributed by atoms with Crippen LogP contribution in [0.3, 0.4) is 0 Å². The third-order valence-electron chi connectivity index (χ3n) is 1.66. The van der Waals surface area contributed by atoms with Gasteiger partial charge < -0.3 is 0 Å². The lowest BCUT2D eigenvalue weighted by Gasteiger charge is -2.11. The van der Waals surface area contributed by atoms with Gasteiger partial charge in [-0.1, -0.05) is 0 Å². The van der Waals surface area contributed by atoms with Crippen LogP contribution in [0.2, 0.25) is 0 Å². The summed E-state index contributed by atoms with van der Waals surface area (Å²) in [5, 5.41) is 8.70. The summed E-state index contributed by atoms with van der Waals surface area (Å²) in [5.74, 6) is 0. The zero-order valence-electron chi connectivity index (χ0n) is 8.12. The molecule has 0 amide bonds. The predicted molar refractivity (Wildman–Crippen MR) is 63.8 cm³/mol. The molecule has 0 aliphatic heterocycles. The van der Waals surface area contributed by atoms with E-state index in [1.165, 1.54) is 0 Å². The van der Waals surface area contributed by atoms with E-state index in [4.69, 9.17) is 15.9 Å².